The number of rotatable bonds is 1. The lowest BCUT2D eigenvalue weighted by Gasteiger charge is -2.66. The van der Waals surface area contributed by atoms with Crippen LogP contribution in [0.4, 0.5) is 0 Å². The van der Waals surface area contributed by atoms with Crippen molar-refractivity contribution in [1.82, 2.24) is 0 Å². The fourth-order valence-electron chi connectivity index (χ4n) is 8.32. The summed E-state index contributed by atoms with van der Waals surface area (Å²) in [6.07, 6.45) is 12.3. The summed E-state index contributed by atoms with van der Waals surface area (Å²) in [6, 6.07) is 1.78. The number of allylic oxidation sites excluding steroid dienone is 3. The second kappa shape index (κ2) is 6.46. The second-order valence-corrected chi connectivity index (χ2v) is 12.7. The van der Waals surface area contributed by atoms with Crippen LogP contribution in [0.15, 0.2) is 23.8 Å². The van der Waals surface area contributed by atoms with Crippen LogP contribution >= 0.6 is 0 Å². The van der Waals surface area contributed by atoms with E-state index in [0.717, 1.165) is 55.2 Å². The van der Waals surface area contributed by atoms with Gasteiger partial charge in [0.05, 0.1) is 5.41 Å². The fraction of sp³-hybridized carbons (Fsp3) is 0.621. The Morgan fingerprint density at radius 3 is 2.39 bits per heavy atom. The number of carbonyl (C=O) groups is 1. The van der Waals surface area contributed by atoms with Crippen molar-refractivity contribution in [3.05, 3.63) is 40.5 Å². The number of benzene rings is 1. The lowest BCUT2D eigenvalue weighted by atomic mass is 9.37. The first kappa shape index (κ1) is 22.6. The maximum absolute atomic E-state index is 12.2. The lowest BCUT2D eigenvalue weighted by molar-refractivity contribution is -0.157. The van der Waals surface area contributed by atoms with Crippen molar-refractivity contribution in [3.63, 3.8) is 0 Å². The molecule has 178 valence electrons. The third-order valence-electron chi connectivity index (χ3n) is 11.0. The lowest BCUT2D eigenvalue weighted by Crippen LogP contribution is -2.59. The van der Waals surface area contributed by atoms with E-state index in [4.69, 9.17) is 0 Å². The molecule has 0 aliphatic heterocycles. The molecular weight excluding hydrogens is 412 g/mol. The van der Waals surface area contributed by atoms with Gasteiger partial charge >= 0.3 is 5.97 Å². The predicted molar refractivity (Wildman–Crippen MR) is 130 cm³/mol. The molecule has 33 heavy (non-hydrogen) atoms. The molecule has 0 aromatic heterocycles. The Morgan fingerprint density at radius 2 is 1.73 bits per heavy atom. The van der Waals surface area contributed by atoms with Crippen molar-refractivity contribution >= 4 is 12.0 Å². The van der Waals surface area contributed by atoms with Gasteiger partial charge in [0.1, 0.15) is 0 Å². The van der Waals surface area contributed by atoms with Crippen LogP contribution in [0.3, 0.4) is 0 Å². The highest BCUT2D eigenvalue weighted by molar-refractivity contribution is 5.75. The Balaban J connectivity index is 1.66. The van der Waals surface area contributed by atoms with Crippen LogP contribution in [-0.2, 0) is 10.2 Å². The van der Waals surface area contributed by atoms with E-state index in [0.29, 0.717) is 5.92 Å². The largest absolute Gasteiger partial charge is 0.504 e. The molecule has 0 spiro atoms. The molecule has 0 bridgehead atoms. The number of aromatic hydroxyl groups is 2. The Hall–Kier alpha value is -2.23. The van der Waals surface area contributed by atoms with Crippen molar-refractivity contribution in [2.24, 2.45) is 27.6 Å². The molecule has 1 unspecified atom stereocenters. The van der Waals surface area contributed by atoms with Gasteiger partial charge in [-0.25, -0.2) is 0 Å². The van der Waals surface area contributed by atoms with E-state index in [1.807, 2.05) is 13.8 Å². The summed E-state index contributed by atoms with van der Waals surface area (Å²) < 4.78 is 0. The summed E-state index contributed by atoms with van der Waals surface area (Å²) >= 11 is 0. The third-order valence-corrected chi connectivity index (χ3v) is 11.0. The number of hydrogen-bond donors (Lipinski definition) is 3. The van der Waals surface area contributed by atoms with E-state index in [2.05, 4.69) is 45.9 Å². The van der Waals surface area contributed by atoms with Gasteiger partial charge in [-0.3, -0.25) is 4.79 Å². The molecule has 6 atom stereocenters. The number of carboxylic acid groups (broad SMARTS) is 1. The van der Waals surface area contributed by atoms with E-state index in [1.54, 1.807) is 6.07 Å². The van der Waals surface area contributed by atoms with Crippen molar-refractivity contribution in [2.45, 2.75) is 85.5 Å². The van der Waals surface area contributed by atoms with Gasteiger partial charge in [-0.05, 0) is 86.3 Å². The summed E-state index contributed by atoms with van der Waals surface area (Å²) in [5.74, 6) is -0.415. The quantitative estimate of drug-likeness (QED) is 0.328. The Labute approximate surface area is 197 Å². The molecule has 4 aliphatic rings. The molecule has 1 aromatic rings. The molecule has 0 saturated heterocycles. The molecule has 0 radical (unpaired) electrons. The highest BCUT2D eigenvalue weighted by Gasteiger charge is 2.64. The Morgan fingerprint density at radius 1 is 1.03 bits per heavy atom. The molecule has 0 amide bonds. The van der Waals surface area contributed by atoms with Crippen LogP contribution in [0.25, 0.3) is 6.08 Å². The average molecular weight is 451 g/mol. The SMILES string of the molecule is Cc1c(O)c(O)cc2c1C=C[C@@]1(C)C3=CC[C@@]4(C)CC[C@@](C)(C(=O)O)CC4[C@]3(C)CC[C@@]21C. The van der Waals surface area contributed by atoms with Crippen LogP contribution < -0.4 is 0 Å². The monoisotopic (exact) mass is 450 g/mol. The van der Waals surface area contributed by atoms with E-state index in [9.17, 15) is 20.1 Å². The number of fused-ring (bicyclic) bond motifs is 7. The summed E-state index contributed by atoms with van der Waals surface area (Å²) in [5, 5.41) is 30.9. The molecule has 2 saturated carbocycles. The highest BCUT2D eigenvalue weighted by atomic mass is 16.4. The van der Waals surface area contributed by atoms with Gasteiger partial charge in [-0.15, -0.1) is 0 Å². The van der Waals surface area contributed by atoms with Gasteiger partial charge in [0.2, 0.25) is 0 Å². The molecule has 0 heterocycles. The zero-order valence-electron chi connectivity index (χ0n) is 20.9. The zero-order chi connectivity index (χ0) is 24.2. The van der Waals surface area contributed by atoms with Crippen molar-refractivity contribution in [1.29, 1.82) is 0 Å². The topological polar surface area (TPSA) is 77.8 Å². The summed E-state index contributed by atoms with van der Waals surface area (Å²) in [6.45, 7) is 13.2. The first-order valence-corrected chi connectivity index (χ1v) is 12.4. The number of phenolic OH excluding ortho intramolecular Hbond substituents is 2. The van der Waals surface area contributed by atoms with E-state index >= 15 is 0 Å². The van der Waals surface area contributed by atoms with Crippen molar-refractivity contribution in [2.75, 3.05) is 0 Å². The van der Waals surface area contributed by atoms with Crippen LogP contribution in [-0.4, -0.2) is 21.3 Å². The fourth-order valence-corrected chi connectivity index (χ4v) is 8.32. The first-order chi connectivity index (χ1) is 15.2. The van der Waals surface area contributed by atoms with E-state index in [1.165, 1.54) is 5.57 Å². The van der Waals surface area contributed by atoms with Crippen molar-refractivity contribution in [3.8, 4) is 11.5 Å². The Bertz CT molecular complexity index is 1130. The first-order valence-electron chi connectivity index (χ1n) is 12.4. The van der Waals surface area contributed by atoms with E-state index < -0.39 is 11.4 Å². The van der Waals surface area contributed by atoms with Gasteiger partial charge in [-0.2, -0.15) is 0 Å². The minimum atomic E-state index is -0.660. The maximum Gasteiger partial charge on any atom is 0.309 e. The normalized spacial score (nSPS) is 43.6. The molecular formula is C29H38O4. The summed E-state index contributed by atoms with van der Waals surface area (Å²) in [7, 11) is 0. The minimum Gasteiger partial charge on any atom is -0.504 e. The maximum atomic E-state index is 12.2. The number of phenols is 2. The van der Waals surface area contributed by atoms with E-state index in [-0.39, 0.29) is 33.2 Å². The van der Waals surface area contributed by atoms with Gasteiger partial charge in [0.25, 0.3) is 0 Å². The van der Waals surface area contributed by atoms with Gasteiger partial charge in [0, 0.05) is 16.4 Å². The molecule has 3 N–H and O–H groups in total. The number of aliphatic carboxylic acids is 1. The number of carboxylic acids is 1. The molecule has 4 aliphatic carbocycles. The minimum absolute atomic E-state index is 0.0333. The molecule has 2 fully saturated rings. The highest BCUT2D eigenvalue weighted by Crippen LogP contribution is 2.72. The molecule has 1 aromatic carbocycles. The summed E-state index contributed by atoms with van der Waals surface area (Å²) in [5.41, 5.74) is 3.26. The van der Waals surface area contributed by atoms with Crippen LogP contribution in [0, 0.1) is 34.5 Å². The zero-order valence-corrected chi connectivity index (χ0v) is 20.9. The predicted octanol–water partition coefficient (Wildman–Crippen LogP) is 6.72. The van der Waals surface area contributed by atoms with Gasteiger partial charge < -0.3 is 15.3 Å². The standard InChI is InChI=1S/C29H38O4/c1-17-18-7-10-29(6)21-8-9-25(2)11-12-26(3,24(32)33)16-22(25)27(21,4)13-14-28(29,5)19(18)15-20(30)23(17)31/h7-8,10,15,22,30-31H,9,11-14,16H2,1-6H3,(H,32,33)/t22?,25-,26+,27+,28-,29-/m0/s1. The van der Waals surface area contributed by atoms with Crippen LogP contribution in [0.5, 0.6) is 11.5 Å². The molecule has 5 rings (SSSR count). The van der Waals surface area contributed by atoms with Gasteiger partial charge in [0.15, 0.2) is 11.5 Å². The van der Waals surface area contributed by atoms with Crippen molar-refractivity contribution < 1.29 is 20.1 Å². The number of hydrogen-bond acceptors (Lipinski definition) is 3. The average Bonchev–Trinajstić information content (AvgIpc) is 2.75. The molecule has 4 nitrogen and oxygen atoms in total. The van der Waals surface area contributed by atoms with Crippen LogP contribution in [0.2, 0.25) is 0 Å². The third kappa shape index (κ3) is 2.61. The summed E-state index contributed by atoms with van der Waals surface area (Å²) in [4.78, 5) is 12.2. The molecule has 4 heteroatoms. The smallest absolute Gasteiger partial charge is 0.309 e. The van der Waals surface area contributed by atoms with Gasteiger partial charge in [-0.1, -0.05) is 51.5 Å². The second-order valence-electron chi connectivity index (χ2n) is 12.7. The Kier molecular flexibility index (Phi) is 4.41. The van der Waals surface area contributed by atoms with Crippen LogP contribution in [0.1, 0.15) is 89.8 Å².